The van der Waals surface area contributed by atoms with Crippen molar-refractivity contribution in [3.05, 3.63) is 220 Å². The minimum absolute atomic E-state index is 0. The van der Waals surface area contributed by atoms with Gasteiger partial charge in [0.1, 0.15) is 45.2 Å². The van der Waals surface area contributed by atoms with Crippen molar-refractivity contribution < 1.29 is 143 Å². The second kappa shape index (κ2) is 37.0. The fraction of sp³-hybridized carbons (Fsp3) is 0.0139. The Hall–Kier alpha value is -8.24. The number of aromatic nitrogens is 13. The Morgan fingerprint density at radius 2 is 0.764 bits per heavy atom. The van der Waals surface area contributed by atoms with Gasteiger partial charge in [0.05, 0.1) is 104 Å². The molecule has 18 heterocycles. The standard InChI is InChI=1S/C11H8N2OS.C11H7NOS.5C10H6N2OS.2Be.5Zn/c1-6-2-7(14)10-8(3-6)15-9-4-12-5-13-11(9)10;13-7-3-1-4-8-10(7)11-9(14-8)5-2-6-12-11;2*13-10-8-6(3-5-12-10)14-7-2-1-4-11-9(7)8;13-6-3-5-12-10-8(6)9-7(14-10)2-1-4-11-9;13-6-4-11-5-8-9(6)10-7(14-8)2-1-3-12-10;13-6-2-1-3-7-9(6)10-8(14-7)4-11-5-12-10;;;;;;;/h2-5,14H,1H3;1-6,13H;3*1-5H,(H,12,13);2*1-5,13H;;;;;;;/q;;;;;;;2*+2;;;;;. The molecule has 0 atom stereocenters. The van der Waals surface area contributed by atoms with E-state index in [9.17, 15) is 35.7 Å². The summed E-state index contributed by atoms with van der Waals surface area (Å²) in [5.74, 6) is 1.04. The van der Waals surface area contributed by atoms with Gasteiger partial charge in [0, 0.05) is 195 Å². The van der Waals surface area contributed by atoms with Crippen LogP contribution in [-0.4, -0.2) is 101 Å². The van der Waals surface area contributed by atoms with Gasteiger partial charge in [0.25, 0.3) is 0 Å². The SMILES string of the molecule is Cc1cc(O)c2c(c1)sc1cncnc12.Oc1cccc2sc3cncnc3c12.Oc1ccnc2sc3cccnc3c12.Oc1cncc2sc3cccnc3c12.Oc1nccc2sc3cccnc3c12.[Be+2].[Be+2].[O-]c1cccc2sc3ccc[nH+]c3c12.[O-]c1nccc2sc3ccc[nH+]c3c12.[Zn].[Zn].[Zn].[Zn].[Zn]. The second-order valence-electron chi connectivity index (χ2n) is 21.5. The molecule has 0 saturated carbocycles. The predicted octanol–water partition coefficient (Wildman–Crippen LogP) is 15.6. The number of fused-ring (bicyclic) bond motifs is 21. The van der Waals surface area contributed by atoms with Crippen LogP contribution in [0, 0.1) is 6.92 Å². The molecule has 0 radical (unpaired) electrons. The maximum absolute atomic E-state index is 11.6. The summed E-state index contributed by atoms with van der Waals surface area (Å²) in [6.45, 7) is 1.97. The minimum Gasteiger partial charge on any atom is -0.872 e. The number of H-pyrrole nitrogens is 2. The molecule has 7 N–H and O–H groups in total. The van der Waals surface area contributed by atoms with Gasteiger partial charge in [0.15, 0.2) is 12.4 Å². The van der Waals surface area contributed by atoms with E-state index >= 15 is 0 Å². The number of rotatable bonds is 0. The maximum atomic E-state index is 11.6. The number of thiophene rings is 7. The summed E-state index contributed by atoms with van der Waals surface area (Å²) in [7, 11) is 0. The number of phenolic OH excluding ortho intramolecular Hbond substituents is 2. The third-order valence-electron chi connectivity index (χ3n) is 15.3. The molecule has 0 aliphatic heterocycles. The van der Waals surface area contributed by atoms with Gasteiger partial charge in [0.2, 0.25) is 16.9 Å². The number of hydrogen-bond acceptors (Lipinski definition) is 25. The van der Waals surface area contributed by atoms with Gasteiger partial charge in [-0.05, 0) is 110 Å². The molecule has 0 aliphatic rings. The van der Waals surface area contributed by atoms with Crippen LogP contribution in [0.25, 0.3) is 142 Å². The van der Waals surface area contributed by atoms with Crippen LogP contribution < -0.4 is 20.2 Å². The molecular formula is C72H45Be2N13O7S7Zn5+4. The van der Waals surface area contributed by atoms with Crippen molar-refractivity contribution in [1.29, 1.82) is 0 Å². The average molecular weight is 1770 g/mol. The zero-order valence-corrected chi connectivity index (χ0v) is 76.5. The first kappa shape index (κ1) is 83.4. The van der Waals surface area contributed by atoms with Crippen LogP contribution in [0.2, 0.25) is 0 Å². The van der Waals surface area contributed by atoms with Crippen LogP contribution in [0.5, 0.6) is 40.5 Å². The van der Waals surface area contributed by atoms with Crippen molar-refractivity contribution in [2.75, 3.05) is 0 Å². The van der Waals surface area contributed by atoms with E-state index in [0.717, 1.165) is 142 Å². The van der Waals surface area contributed by atoms with Crippen molar-refractivity contribution in [3.63, 3.8) is 0 Å². The number of nitrogens with zero attached hydrogens (tertiary/aromatic N) is 11. The van der Waals surface area contributed by atoms with Gasteiger partial charge < -0.3 is 35.7 Å². The molecule has 0 unspecified atom stereocenters. The van der Waals surface area contributed by atoms with Crippen LogP contribution in [-0.2, 0) is 97.4 Å². The molecule has 0 spiro atoms. The molecule has 21 rings (SSSR count). The van der Waals surface area contributed by atoms with Crippen LogP contribution in [0.4, 0.5) is 0 Å². The van der Waals surface area contributed by atoms with Crippen LogP contribution in [0.3, 0.4) is 0 Å². The van der Waals surface area contributed by atoms with Gasteiger partial charge in [-0.15, -0.1) is 79.4 Å². The molecular weight excluding hydrogens is 1730 g/mol. The topological polar surface area (TPSA) is 317 Å². The van der Waals surface area contributed by atoms with Crippen molar-refractivity contribution in [2.45, 2.75) is 6.92 Å². The number of pyridine rings is 9. The molecule has 21 aromatic rings. The van der Waals surface area contributed by atoms with Gasteiger partial charge in [-0.25, -0.2) is 39.9 Å². The first-order valence-corrected chi connectivity index (χ1v) is 35.5. The van der Waals surface area contributed by atoms with Crippen molar-refractivity contribution in [3.8, 4) is 40.5 Å². The number of phenols is 2. The Bertz CT molecular complexity index is 5750. The predicted molar refractivity (Wildman–Crippen MR) is 408 cm³/mol. The Morgan fingerprint density at radius 3 is 1.41 bits per heavy atom. The summed E-state index contributed by atoms with van der Waals surface area (Å²) in [6.07, 6.45) is 23.4. The molecule has 20 nitrogen and oxygen atoms in total. The van der Waals surface area contributed by atoms with Crippen LogP contribution >= 0.6 is 79.4 Å². The van der Waals surface area contributed by atoms with E-state index in [2.05, 4.69) is 70.9 Å². The van der Waals surface area contributed by atoms with E-state index in [1.165, 1.54) is 18.9 Å². The molecule has 0 amide bonds. The van der Waals surface area contributed by atoms with Crippen LogP contribution in [0.15, 0.2) is 214 Å². The molecule has 0 saturated heterocycles. The van der Waals surface area contributed by atoms with E-state index in [1.807, 2.05) is 110 Å². The second-order valence-corrected chi connectivity index (χ2v) is 29.1. The molecule has 0 fully saturated rings. The number of hydrogen-bond donors (Lipinski definition) is 5. The molecule has 18 aromatic heterocycles. The number of benzene rings is 3. The fourth-order valence-corrected chi connectivity index (χ4v) is 18.6. The first-order chi connectivity index (χ1) is 48.4. The normalized spacial score (nSPS) is 10.4. The zero-order valence-electron chi connectivity index (χ0n) is 56.0. The van der Waals surface area contributed by atoms with Crippen LogP contribution in [0.1, 0.15) is 5.56 Å². The van der Waals surface area contributed by atoms with E-state index in [4.69, 9.17) is 0 Å². The maximum Gasteiger partial charge on any atom is 2.00 e. The Balaban J connectivity index is 0.000000154. The summed E-state index contributed by atoms with van der Waals surface area (Å²) >= 11 is 11.2. The quantitative estimate of drug-likeness (QED) is 0.0881. The first-order valence-electron chi connectivity index (χ1n) is 29.8. The van der Waals surface area contributed by atoms with Crippen molar-refractivity contribution in [2.24, 2.45) is 0 Å². The van der Waals surface area contributed by atoms with Gasteiger partial charge in [-0.3, -0.25) is 24.9 Å². The summed E-state index contributed by atoms with van der Waals surface area (Å²) in [5.41, 5.74) is 7.09. The van der Waals surface area contributed by atoms with E-state index < -0.39 is 0 Å². The Labute approximate surface area is 699 Å². The minimum atomic E-state index is -0.156. The Kier molecular flexibility index (Phi) is 29.2. The number of aromatic hydroxyl groups is 5. The van der Waals surface area contributed by atoms with E-state index in [0.29, 0.717) is 11.1 Å². The summed E-state index contributed by atoms with van der Waals surface area (Å²) in [5, 5.41) is 77.2. The monoisotopic (exact) mass is 1760 g/mol. The molecule has 0 aliphatic carbocycles. The number of aryl methyl sites for hydroxylation is 1. The molecule has 34 heteroatoms. The number of aromatic amines is 2. The van der Waals surface area contributed by atoms with E-state index in [1.54, 1.807) is 165 Å². The van der Waals surface area contributed by atoms with Gasteiger partial charge in [-0.1, -0.05) is 23.9 Å². The van der Waals surface area contributed by atoms with Gasteiger partial charge in [-0.2, -0.15) is 0 Å². The molecule has 492 valence electrons. The third kappa shape index (κ3) is 17.0. The fourth-order valence-electron chi connectivity index (χ4n) is 11.1. The van der Waals surface area contributed by atoms with Crippen molar-refractivity contribution in [1.82, 2.24) is 54.8 Å². The third-order valence-corrected chi connectivity index (χ3v) is 22.9. The van der Waals surface area contributed by atoms with E-state index in [-0.39, 0.29) is 152 Å². The zero-order chi connectivity index (χ0) is 67.7. The smallest absolute Gasteiger partial charge is 0.872 e. The molecule has 3 aromatic carbocycles. The molecule has 0 bridgehead atoms. The summed E-state index contributed by atoms with van der Waals surface area (Å²) in [6, 6.07) is 39.6. The largest absolute Gasteiger partial charge is 2.00 e. The Morgan fingerprint density at radius 1 is 0.321 bits per heavy atom. The summed E-state index contributed by atoms with van der Waals surface area (Å²) in [4.78, 5) is 51.8. The summed E-state index contributed by atoms with van der Waals surface area (Å²) < 4.78 is 13.6. The average Bonchev–Trinajstić information content (AvgIpc) is 1.72. The molecule has 106 heavy (non-hydrogen) atoms. The van der Waals surface area contributed by atoms with Gasteiger partial charge >= 0.3 is 20.2 Å². The van der Waals surface area contributed by atoms with Crippen molar-refractivity contribution >= 4 is 242 Å². The number of nitrogens with one attached hydrogen (secondary N) is 2.